The number of pyridine rings is 1. The van der Waals surface area contributed by atoms with Crippen molar-refractivity contribution in [2.45, 2.75) is 0 Å². The fourth-order valence-electron chi connectivity index (χ4n) is 1.66. The van der Waals surface area contributed by atoms with Crippen LogP contribution >= 0.6 is 0 Å². The zero-order valence-corrected chi connectivity index (χ0v) is 9.58. The first-order chi connectivity index (χ1) is 8.63. The molecule has 1 amide bonds. The van der Waals surface area contributed by atoms with Gasteiger partial charge in [0.2, 0.25) is 0 Å². The first-order valence-electron chi connectivity index (χ1n) is 5.26. The van der Waals surface area contributed by atoms with Crippen molar-refractivity contribution in [2.24, 2.45) is 0 Å². The first kappa shape index (κ1) is 12.2. The molecule has 0 fully saturated rings. The molecule has 1 aromatic carbocycles. The van der Waals surface area contributed by atoms with Gasteiger partial charge in [0, 0.05) is 24.9 Å². The Morgan fingerprint density at radius 2 is 2.06 bits per heavy atom. The van der Waals surface area contributed by atoms with Crippen molar-refractivity contribution < 1.29 is 13.6 Å². The van der Waals surface area contributed by atoms with Crippen molar-refractivity contribution in [1.29, 1.82) is 0 Å². The number of nitrogens with one attached hydrogen (secondary N) is 1. The Morgan fingerprint density at radius 1 is 1.28 bits per heavy atom. The molecule has 0 saturated heterocycles. The third-order valence-corrected chi connectivity index (χ3v) is 2.45. The Morgan fingerprint density at radius 3 is 2.67 bits per heavy atom. The van der Waals surface area contributed by atoms with Gasteiger partial charge in [0.15, 0.2) is 0 Å². The van der Waals surface area contributed by atoms with Crippen molar-refractivity contribution in [3.8, 4) is 11.3 Å². The van der Waals surface area contributed by atoms with Gasteiger partial charge < -0.3 is 5.32 Å². The smallest absolute Gasteiger partial charge is 0.251 e. The van der Waals surface area contributed by atoms with E-state index in [1.54, 1.807) is 18.2 Å². The minimum absolute atomic E-state index is 0.00338. The molecule has 2 aromatic rings. The second-order valence-electron chi connectivity index (χ2n) is 3.60. The van der Waals surface area contributed by atoms with Crippen LogP contribution in [0.1, 0.15) is 10.4 Å². The third kappa shape index (κ3) is 2.20. The van der Waals surface area contributed by atoms with E-state index in [0.717, 1.165) is 12.1 Å². The zero-order chi connectivity index (χ0) is 13.1. The van der Waals surface area contributed by atoms with Crippen LogP contribution in [-0.4, -0.2) is 17.9 Å². The van der Waals surface area contributed by atoms with Gasteiger partial charge in [0.25, 0.3) is 5.91 Å². The minimum atomic E-state index is -0.813. The molecule has 0 unspecified atom stereocenters. The molecule has 0 aliphatic heterocycles. The molecule has 0 spiro atoms. The van der Waals surface area contributed by atoms with Gasteiger partial charge in [-0.25, -0.2) is 8.78 Å². The van der Waals surface area contributed by atoms with E-state index in [4.69, 9.17) is 0 Å². The summed E-state index contributed by atoms with van der Waals surface area (Å²) in [5.74, 6) is -2.17. The summed E-state index contributed by atoms with van der Waals surface area (Å²) in [6.45, 7) is 0. The predicted molar refractivity (Wildman–Crippen MR) is 63.0 cm³/mol. The maximum atomic E-state index is 13.8. The summed E-state index contributed by atoms with van der Waals surface area (Å²) in [5.41, 5.74) is 0.207. The Hall–Kier alpha value is -2.30. The summed E-state index contributed by atoms with van der Waals surface area (Å²) < 4.78 is 27.0. The highest BCUT2D eigenvalue weighted by atomic mass is 19.1. The third-order valence-electron chi connectivity index (χ3n) is 2.45. The lowest BCUT2D eigenvalue weighted by molar-refractivity contribution is 0.0963. The van der Waals surface area contributed by atoms with E-state index < -0.39 is 17.5 Å². The second kappa shape index (κ2) is 4.91. The molecule has 18 heavy (non-hydrogen) atoms. The Bertz CT molecular complexity index is 585. The number of nitrogens with zero attached hydrogens (tertiary/aromatic N) is 1. The van der Waals surface area contributed by atoms with E-state index in [2.05, 4.69) is 10.3 Å². The van der Waals surface area contributed by atoms with E-state index >= 15 is 0 Å². The average molecular weight is 248 g/mol. The molecule has 0 radical (unpaired) electrons. The van der Waals surface area contributed by atoms with E-state index in [0.29, 0.717) is 0 Å². The van der Waals surface area contributed by atoms with Crippen LogP contribution in [0.15, 0.2) is 36.5 Å². The molecule has 0 aliphatic rings. The van der Waals surface area contributed by atoms with Crippen LogP contribution < -0.4 is 5.32 Å². The van der Waals surface area contributed by atoms with Crippen LogP contribution in [0.4, 0.5) is 8.78 Å². The number of hydrogen-bond donors (Lipinski definition) is 1. The van der Waals surface area contributed by atoms with E-state index in [-0.39, 0.29) is 16.8 Å². The fraction of sp³-hybridized carbons (Fsp3) is 0.0769. The molecule has 0 bridgehead atoms. The number of amides is 1. The molecular formula is C13H10F2N2O. The predicted octanol–water partition coefficient (Wildman–Crippen LogP) is 2.39. The average Bonchev–Trinajstić information content (AvgIpc) is 2.38. The van der Waals surface area contributed by atoms with E-state index in [1.165, 1.54) is 13.2 Å². The summed E-state index contributed by atoms with van der Waals surface area (Å²) in [6.07, 6.45) is 1.48. The van der Waals surface area contributed by atoms with Crippen molar-refractivity contribution in [1.82, 2.24) is 10.3 Å². The van der Waals surface area contributed by atoms with Gasteiger partial charge in [0.05, 0.1) is 11.3 Å². The number of aromatic nitrogens is 1. The lowest BCUT2D eigenvalue weighted by Gasteiger charge is -2.09. The molecule has 0 atom stereocenters. The number of carbonyl (C=O) groups excluding carboxylic acids is 1. The molecule has 1 heterocycles. The molecule has 3 nitrogen and oxygen atoms in total. The van der Waals surface area contributed by atoms with Gasteiger partial charge in [-0.2, -0.15) is 0 Å². The molecule has 0 saturated carbocycles. The summed E-state index contributed by atoms with van der Waals surface area (Å²) in [4.78, 5) is 15.6. The Balaban J connectivity index is 2.69. The second-order valence-corrected chi connectivity index (χ2v) is 3.60. The van der Waals surface area contributed by atoms with Crippen molar-refractivity contribution in [2.75, 3.05) is 7.05 Å². The summed E-state index contributed by atoms with van der Waals surface area (Å²) in [5, 5.41) is 2.35. The number of halogens is 2. The lowest BCUT2D eigenvalue weighted by Crippen LogP contribution is -2.19. The van der Waals surface area contributed by atoms with Gasteiger partial charge in [-0.1, -0.05) is 6.07 Å². The van der Waals surface area contributed by atoms with Gasteiger partial charge in [-0.3, -0.25) is 9.78 Å². The fourth-order valence-corrected chi connectivity index (χ4v) is 1.66. The summed E-state index contributed by atoms with van der Waals surface area (Å²) in [7, 11) is 1.40. The van der Waals surface area contributed by atoms with Crippen molar-refractivity contribution >= 4 is 5.91 Å². The van der Waals surface area contributed by atoms with Crippen molar-refractivity contribution in [3.05, 3.63) is 53.7 Å². The van der Waals surface area contributed by atoms with Crippen LogP contribution in [0.3, 0.4) is 0 Å². The molecule has 0 aliphatic carbocycles. The highest BCUT2D eigenvalue weighted by Crippen LogP contribution is 2.26. The summed E-state index contributed by atoms with van der Waals surface area (Å²) >= 11 is 0. The maximum Gasteiger partial charge on any atom is 0.251 e. The molecular weight excluding hydrogens is 238 g/mol. The molecule has 1 N–H and O–H groups in total. The topological polar surface area (TPSA) is 42.0 Å². The largest absolute Gasteiger partial charge is 0.355 e. The first-order valence-corrected chi connectivity index (χ1v) is 5.26. The van der Waals surface area contributed by atoms with Gasteiger partial charge in [-0.15, -0.1) is 0 Å². The molecule has 5 heteroatoms. The Labute approximate surface area is 102 Å². The highest BCUT2D eigenvalue weighted by Gasteiger charge is 2.18. The quantitative estimate of drug-likeness (QED) is 0.886. The van der Waals surface area contributed by atoms with Crippen LogP contribution in [0.25, 0.3) is 11.3 Å². The number of carbonyl (C=O) groups is 1. The van der Waals surface area contributed by atoms with Crippen LogP contribution in [0.5, 0.6) is 0 Å². The lowest BCUT2D eigenvalue weighted by atomic mass is 10.0. The standard InChI is InChI=1S/C13H10F2N2O/c1-16-13(18)9-6-8(14)7-10(15)12(9)11-4-2-3-5-17-11/h2-7H,1H3,(H,16,18). The molecule has 92 valence electrons. The van der Waals surface area contributed by atoms with E-state index in [9.17, 15) is 13.6 Å². The van der Waals surface area contributed by atoms with Crippen LogP contribution in [-0.2, 0) is 0 Å². The van der Waals surface area contributed by atoms with Gasteiger partial charge >= 0.3 is 0 Å². The monoisotopic (exact) mass is 248 g/mol. The minimum Gasteiger partial charge on any atom is -0.355 e. The molecule has 1 aromatic heterocycles. The summed E-state index contributed by atoms with van der Waals surface area (Å²) in [6, 6.07) is 6.62. The van der Waals surface area contributed by atoms with Crippen LogP contribution in [0.2, 0.25) is 0 Å². The normalized spacial score (nSPS) is 10.2. The van der Waals surface area contributed by atoms with Gasteiger partial charge in [0.1, 0.15) is 11.6 Å². The van der Waals surface area contributed by atoms with E-state index in [1.807, 2.05) is 0 Å². The maximum absolute atomic E-state index is 13.8. The number of benzene rings is 1. The van der Waals surface area contributed by atoms with Crippen LogP contribution in [0, 0.1) is 11.6 Å². The number of rotatable bonds is 2. The highest BCUT2D eigenvalue weighted by molar-refractivity contribution is 6.00. The number of hydrogen-bond acceptors (Lipinski definition) is 2. The Kier molecular flexibility index (Phi) is 3.32. The zero-order valence-electron chi connectivity index (χ0n) is 9.58. The van der Waals surface area contributed by atoms with Gasteiger partial charge in [-0.05, 0) is 18.2 Å². The van der Waals surface area contributed by atoms with Crippen molar-refractivity contribution in [3.63, 3.8) is 0 Å². The SMILES string of the molecule is CNC(=O)c1cc(F)cc(F)c1-c1ccccn1. The molecule has 2 rings (SSSR count).